The number of fused-ring (bicyclic) bond motifs is 1. The number of alkyl halides is 3. The second-order valence-corrected chi connectivity index (χ2v) is 7.45. The van der Waals surface area contributed by atoms with Gasteiger partial charge in [-0.1, -0.05) is 5.92 Å². The zero-order valence-electron chi connectivity index (χ0n) is 19.0. The van der Waals surface area contributed by atoms with Crippen LogP contribution in [0.2, 0.25) is 0 Å². The second-order valence-electron chi connectivity index (χ2n) is 7.45. The van der Waals surface area contributed by atoms with E-state index in [0.29, 0.717) is 60.1 Å². The third kappa shape index (κ3) is 7.04. The minimum atomic E-state index is -5.08. The van der Waals surface area contributed by atoms with Gasteiger partial charge in [-0.25, -0.2) is 19.4 Å². The number of nitrogens with zero attached hydrogens (tertiary/aromatic N) is 5. The van der Waals surface area contributed by atoms with Crippen LogP contribution >= 0.6 is 0 Å². The molecule has 0 radical (unpaired) electrons. The summed E-state index contributed by atoms with van der Waals surface area (Å²) in [5, 5.41) is 24.5. The molecule has 190 valence electrons. The van der Waals surface area contributed by atoms with Crippen LogP contribution in [0.5, 0.6) is 5.75 Å². The summed E-state index contributed by atoms with van der Waals surface area (Å²) in [6.45, 7) is 6.68. The normalized spacial score (nSPS) is 11.4. The maximum Gasteiger partial charge on any atom is 0.490 e. The number of carboxylic acids is 1. The lowest BCUT2D eigenvalue weighted by Gasteiger charge is -2.10. The number of hydrogen-bond donors (Lipinski definition) is 4. The number of nitrogens with two attached hydrogens (primary N) is 2. The molecule has 0 aromatic carbocycles. The van der Waals surface area contributed by atoms with Gasteiger partial charge in [-0.05, 0) is 50.0 Å². The fourth-order valence-electron chi connectivity index (χ4n) is 2.63. The fraction of sp³-hybridized carbons (Fsp3) is 0.450. The SMILES string of the molecule is CCn1c(-c2nonc2N)nc2c(C#CC(C)(C)O)ncc(OCCCN)c21.O=C(O)C(F)(F)F. The van der Waals surface area contributed by atoms with E-state index in [1.165, 1.54) is 0 Å². The highest BCUT2D eigenvalue weighted by atomic mass is 19.4. The Balaban J connectivity index is 0.000000540. The van der Waals surface area contributed by atoms with E-state index < -0.39 is 17.7 Å². The molecule has 0 aliphatic carbocycles. The standard InChI is InChI=1S/C18H23N7O3.C2HF3O2/c1-4-25-15-12(27-9-5-8-19)10-21-11(6-7-18(2,3)26)13(15)22-17(25)14-16(20)24-28-23-14;3-2(4,5)1(6)7/h10,26H,4-5,8-9,19H2,1-3H3,(H2,20,24);(H,6,7). The van der Waals surface area contributed by atoms with Gasteiger partial charge >= 0.3 is 12.1 Å². The van der Waals surface area contributed by atoms with Crippen LogP contribution < -0.4 is 16.2 Å². The van der Waals surface area contributed by atoms with E-state index >= 15 is 0 Å². The predicted octanol–water partition coefficient (Wildman–Crippen LogP) is 1.57. The Bertz CT molecular complexity index is 1240. The molecule has 0 fully saturated rings. The average Bonchev–Trinajstić information content (AvgIpc) is 3.35. The average molecular weight is 499 g/mol. The summed E-state index contributed by atoms with van der Waals surface area (Å²) >= 11 is 0. The van der Waals surface area contributed by atoms with Crippen LogP contribution in [0.1, 0.15) is 32.9 Å². The van der Waals surface area contributed by atoms with Crippen molar-refractivity contribution in [1.82, 2.24) is 24.8 Å². The number of nitrogen functional groups attached to an aromatic ring is 1. The summed E-state index contributed by atoms with van der Waals surface area (Å²) in [7, 11) is 0. The maximum atomic E-state index is 10.6. The Morgan fingerprint density at radius 2 is 1.97 bits per heavy atom. The number of halogens is 3. The first-order chi connectivity index (χ1) is 16.3. The van der Waals surface area contributed by atoms with Crippen LogP contribution in [0.3, 0.4) is 0 Å². The molecule has 3 rings (SSSR count). The van der Waals surface area contributed by atoms with Gasteiger partial charge < -0.3 is 31.0 Å². The van der Waals surface area contributed by atoms with E-state index in [2.05, 4.69) is 32.1 Å². The molecule has 3 heterocycles. The quantitative estimate of drug-likeness (QED) is 0.284. The fourth-order valence-corrected chi connectivity index (χ4v) is 2.63. The van der Waals surface area contributed by atoms with Crippen molar-refractivity contribution < 1.29 is 37.5 Å². The monoisotopic (exact) mass is 499 g/mol. The molecule has 3 aromatic rings. The first-order valence-electron chi connectivity index (χ1n) is 10.2. The van der Waals surface area contributed by atoms with Gasteiger partial charge in [-0.3, -0.25) is 0 Å². The molecule has 0 saturated carbocycles. The first kappa shape index (κ1) is 27.3. The predicted molar refractivity (Wildman–Crippen MR) is 117 cm³/mol. The van der Waals surface area contributed by atoms with Gasteiger partial charge in [0.1, 0.15) is 22.3 Å². The lowest BCUT2D eigenvalue weighted by atomic mass is 10.1. The topological polar surface area (TPSA) is 188 Å². The number of aliphatic hydroxyl groups is 1. The van der Waals surface area contributed by atoms with E-state index in [1.54, 1.807) is 20.0 Å². The van der Waals surface area contributed by atoms with E-state index in [1.807, 2.05) is 11.5 Å². The number of rotatable bonds is 6. The molecular formula is C20H24F3N7O5. The minimum absolute atomic E-state index is 0.132. The van der Waals surface area contributed by atoms with Gasteiger partial charge in [0, 0.05) is 6.54 Å². The Kier molecular flexibility index (Phi) is 8.61. The van der Waals surface area contributed by atoms with Crippen LogP contribution in [0, 0.1) is 11.8 Å². The van der Waals surface area contributed by atoms with Crippen LogP contribution in [-0.2, 0) is 11.3 Å². The number of ether oxygens (including phenoxy) is 1. The number of imidazole rings is 1. The highest BCUT2D eigenvalue weighted by Gasteiger charge is 2.38. The summed E-state index contributed by atoms with van der Waals surface area (Å²) < 4.78 is 44.2. The van der Waals surface area contributed by atoms with E-state index in [0.717, 1.165) is 0 Å². The molecule has 3 aromatic heterocycles. The molecule has 0 saturated heterocycles. The molecule has 0 bridgehead atoms. The number of aromatic nitrogens is 5. The van der Waals surface area contributed by atoms with E-state index in [-0.39, 0.29) is 5.82 Å². The van der Waals surface area contributed by atoms with Gasteiger partial charge in [0.05, 0.1) is 12.8 Å². The molecule has 0 spiro atoms. The Morgan fingerprint density at radius 3 is 2.46 bits per heavy atom. The van der Waals surface area contributed by atoms with Gasteiger partial charge in [0.15, 0.2) is 23.1 Å². The molecule has 12 nitrogen and oxygen atoms in total. The summed E-state index contributed by atoms with van der Waals surface area (Å²) in [6, 6.07) is 0. The summed E-state index contributed by atoms with van der Waals surface area (Å²) in [5.74, 6) is 4.05. The molecule has 0 aliphatic heterocycles. The summed E-state index contributed by atoms with van der Waals surface area (Å²) in [4.78, 5) is 17.9. The minimum Gasteiger partial charge on any atom is -0.490 e. The third-order valence-corrected chi connectivity index (χ3v) is 4.11. The summed E-state index contributed by atoms with van der Waals surface area (Å²) in [6.07, 6.45) is -2.79. The number of pyridine rings is 1. The van der Waals surface area contributed by atoms with Crippen molar-refractivity contribution in [2.24, 2.45) is 5.73 Å². The van der Waals surface area contributed by atoms with Crippen LogP contribution in [0.25, 0.3) is 22.6 Å². The highest BCUT2D eigenvalue weighted by molar-refractivity contribution is 5.89. The smallest absolute Gasteiger partial charge is 0.490 e. The van der Waals surface area contributed by atoms with Crippen LogP contribution in [-0.4, -0.2) is 66.0 Å². The van der Waals surface area contributed by atoms with E-state index in [4.69, 9.17) is 30.7 Å². The van der Waals surface area contributed by atoms with Crippen molar-refractivity contribution in [3.8, 4) is 29.1 Å². The molecule has 0 amide bonds. The lowest BCUT2D eigenvalue weighted by Crippen LogP contribution is -2.21. The van der Waals surface area contributed by atoms with Crippen molar-refractivity contribution in [1.29, 1.82) is 0 Å². The van der Waals surface area contributed by atoms with Gasteiger partial charge in [-0.15, -0.1) is 0 Å². The molecular weight excluding hydrogens is 475 g/mol. The molecule has 0 aliphatic rings. The van der Waals surface area contributed by atoms with Gasteiger partial charge in [-0.2, -0.15) is 13.2 Å². The Labute approximate surface area is 197 Å². The first-order valence-corrected chi connectivity index (χ1v) is 10.2. The van der Waals surface area contributed by atoms with Crippen molar-refractivity contribution >= 4 is 22.8 Å². The molecule has 0 unspecified atom stereocenters. The number of carboxylic acid groups (broad SMARTS) is 1. The number of aryl methyl sites for hydroxylation is 1. The van der Waals surface area contributed by atoms with E-state index in [9.17, 15) is 18.3 Å². The zero-order valence-corrected chi connectivity index (χ0v) is 19.0. The van der Waals surface area contributed by atoms with Gasteiger partial charge in [0.25, 0.3) is 0 Å². The maximum absolute atomic E-state index is 10.6. The molecule has 35 heavy (non-hydrogen) atoms. The Morgan fingerprint density at radius 1 is 1.31 bits per heavy atom. The zero-order chi connectivity index (χ0) is 26.4. The van der Waals surface area contributed by atoms with Crippen molar-refractivity contribution in [2.45, 2.75) is 45.5 Å². The number of hydrogen-bond acceptors (Lipinski definition) is 10. The third-order valence-electron chi connectivity index (χ3n) is 4.11. The molecule has 15 heteroatoms. The molecule has 6 N–H and O–H groups in total. The summed E-state index contributed by atoms with van der Waals surface area (Å²) in [5.41, 5.74) is 12.2. The van der Waals surface area contributed by atoms with Crippen molar-refractivity contribution in [2.75, 3.05) is 18.9 Å². The van der Waals surface area contributed by atoms with Gasteiger partial charge in [0.2, 0.25) is 0 Å². The largest absolute Gasteiger partial charge is 0.490 e. The number of carbonyl (C=O) groups is 1. The lowest BCUT2D eigenvalue weighted by molar-refractivity contribution is -0.192. The van der Waals surface area contributed by atoms with Crippen molar-refractivity contribution in [3.05, 3.63) is 11.9 Å². The highest BCUT2D eigenvalue weighted by Crippen LogP contribution is 2.33. The van der Waals surface area contributed by atoms with Crippen LogP contribution in [0.15, 0.2) is 10.8 Å². The van der Waals surface area contributed by atoms with Crippen LogP contribution in [0.4, 0.5) is 19.0 Å². The van der Waals surface area contributed by atoms with Crippen molar-refractivity contribution in [3.63, 3.8) is 0 Å². The number of anilines is 1. The number of aliphatic carboxylic acids is 1. The second kappa shape index (κ2) is 11.0. The Hall–Kier alpha value is -3.90. The molecule has 0 atom stereocenters.